The highest BCUT2D eigenvalue weighted by Gasteiger charge is 2.14. The van der Waals surface area contributed by atoms with Gasteiger partial charge in [-0.15, -0.1) is 0 Å². The molecular formula is C24H15BrFIN2O4. The van der Waals surface area contributed by atoms with Crippen LogP contribution in [0.15, 0.2) is 70.7 Å². The van der Waals surface area contributed by atoms with Crippen molar-refractivity contribution < 1.29 is 23.8 Å². The van der Waals surface area contributed by atoms with Crippen molar-refractivity contribution in [1.29, 1.82) is 5.26 Å². The summed E-state index contributed by atoms with van der Waals surface area (Å²) >= 11 is 5.52. The van der Waals surface area contributed by atoms with Gasteiger partial charge in [0.1, 0.15) is 29.8 Å². The molecule has 0 saturated heterocycles. The van der Waals surface area contributed by atoms with E-state index in [2.05, 4.69) is 43.8 Å². The maximum absolute atomic E-state index is 13.8. The first-order chi connectivity index (χ1) is 15.8. The largest absolute Gasteiger partial charge is 0.487 e. The lowest BCUT2D eigenvalue weighted by Gasteiger charge is -2.12. The van der Waals surface area contributed by atoms with Gasteiger partial charge < -0.3 is 15.2 Å². The maximum Gasteiger partial charge on any atom is 0.335 e. The minimum atomic E-state index is -0.997. The van der Waals surface area contributed by atoms with E-state index >= 15 is 0 Å². The fourth-order valence-electron chi connectivity index (χ4n) is 2.77. The Kier molecular flexibility index (Phi) is 8.19. The minimum Gasteiger partial charge on any atom is -0.487 e. The Balaban J connectivity index is 1.75. The third-order valence-corrected chi connectivity index (χ3v) is 5.79. The predicted octanol–water partition coefficient (Wildman–Crippen LogP) is 6.02. The lowest BCUT2D eigenvalue weighted by Crippen LogP contribution is -2.14. The van der Waals surface area contributed by atoms with E-state index in [-0.39, 0.29) is 23.4 Å². The summed E-state index contributed by atoms with van der Waals surface area (Å²) in [6.45, 7) is 0.220. The highest BCUT2D eigenvalue weighted by molar-refractivity contribution is 14.1. The molecule has 0 aliphatic rings. The van der Waals surface area contributed by atoms with Gasteiger partial charge in [0.2, 0.25) is 0 Å². The standard InChI is InChI=1S/C24H15BrFIN2O4/c25-18-10-15(9-17(12-28)23(30)29-21-4-2-1-3-19(21)26)11-20(27)22(18)33-13-14-5-7-16(8-6-14)24(31)32/h1-11H,13H2,(H,29,30)(H,31,32)/b17-9-. The van der Waals surface area contributed by atoms with Crippen LogP contribution in [0.3, 0.4) is 0 Å². The number of carbonyl (C=O) groups excluding carboxylic acids is 1. The number of anilines is 1. The van der Waals surface area contributed by atoms with Gasteiger partial charge in [-0.25, -0.2) is 9.18 Å². The number of rotatable bonds is 7. The van der Waals surface area contributed by atoms with Gasteiger partial charge in [0, 0.05) is 0 Å². The average molecular weight is 621 g/mol. The smallest absolute Gasteiger partial charge is 0.335 e. The first-order valence-corrected chi connectivity index (χ1v) is 11.3. The number of aromatic carboxylic acids is 1. The number of nitrogens with one attached hydrogen (secondary N) is 1. The van der Waals surface area contributed by atoms with Gasteiger partial charge in [0.15, 0.2) is 0 Å². The van der Waals surface area contributed by atoms with Crippen molar-refractivity contribution in [3.05, 3.63) is 96.8 Å². The molecule has 3 rings (SSSR count). The van der Waals surface area contributed by atoms with Gasteiger partial charge in [-0.3, -0.25) is 4.79 Å². The Labute approximate surface area is 211 Å². The number of carbonyl (C=O) groups is 2. The normalized spacial score (nSPS) is 10.9. The molecule has 166 valence electrons. The lowest BCUT2D eigenvalue weighted by atomic mass is 10.1. The highest BCUT2D eigenvalue weighted by atomic mass is 127. The molecule has 2 N–H and O–H groups in total. The quantitative estimate of drug-likeness (QED) is 0.191. The van der Waals surface area contributed by atoms with Crippen LogP contribution in [-0.2, 0) is 11.4 Å². The molecule has 0 bridgehead atoms. The Hall–Kier alpha value is -3.23. The number of carboxylic acid groups (broad SMARTS) is 1. The number of hydrogen-bond donors (Lipinski definition) is 2. The zero-order valence-corrected chi connectivity index (χ0v) is 20.6. The number of halogens is 3. The van der Waals surface area contributed by atoms with E-state index in [0.29, 0.717) is 15.8 Å². The summed E-state index contributed by atoms with van der Waals surface area (Å²) < 4.78 is 21.0. The summed E-state index contributed by atoms with van der Waals surface area (Å²) in [5.74, 6) is -1.76. The Morgan fingerprint density at radius 3 is 2.48 bits per heavy atom. The molecule has 0 saturated carbocycles. The van der Waals surface area contributed by atoms with Gasteiger partial charge in [-0.1, -0.05) is 24.3 Å². The van der Waals surface area contributed by atoms with Crippen molar-refractivity contribution in [3.8, 4) is 11.8 Å². The second-order valence-corrected chi connectivity index (χ2v) is 8.72. The predicted molar refractivity (Wildman–Crippen MR) is 133 cm³/mol. The molecule has 1 amide bonds. The minimum absolute atomic E-state index is 0.0143. The third kappa shape index (κ3) is 6.40. The third-order valence-electron chi connectivity index (χ3n) is 4.40. The Morgan fingerprint density at radius 2 is 1.88 bits per heavy atom. The van der Waals surface area contributed by atoms with Gasteiger partial charge in [0.05, 0.1) is 19.3 Å². The van der Waals surface area contributed by atoms with E-state index < -0.39 is 17.7 Å². The molecule has 3 aromatic carbocycles. The van der Waals surface area contributed by atoms with Gasteiger partial charge in [0.25, 0.3) is 5.91 Å². The van der Waals surface area contributed by atoms with Crippen LogP contribution in [0.5, 0.6) is 5.75 Å². The van der Waals surface area contributed by atoms with Crippen LogP contribution in [0.25, 0.3) is 6.08 Å². The fraction of sp³-hybridized carbons (Fsp3) is 0.0417. The number of amides is 1. The lowest BCUT2D eigenvalue weighted by molar-refractivity contribution is -0.112. The summed E-state index contributed by atoms with van der Waals surface area (Å²) in [6, 6.07) is 17.3. The summed E-state index contributed by atoms with van der Waals surface area (Å²) in [5, 5.41) is 20.8. The molecule has 0 aliphatic carbocycles. The second-order valence-electron chi connectivity index (χ2n) is 6.71. The molecular weight excluding hydrogens is 606 g/mol. The number of ether oxygens (including phenoxy) is 1. The number of para-hydroxylation sites is 1. The zero-order chi connectivity index (χ0) is 24.0. The van der Waals surface area contributed by atoms with Crippen molar-refractivity contribution in [3.63, 3.8) is 0 Å². The van der Waals surface area contributed by atoms with Crippen LogP contribution in [0.1, 0.15) is 21.5 Å². The van der Waals surface area contributed by atoms with Crippen LogP contribution in [0, 0.1) is 20.7 Å². The van der Waals surface area contributed by atoms with E-state index in [1.165, 1.54) is 36.4 Å². The van der Waals surface area contributed by atoms with Crippen molar-refractivity contribution in [2.24, 2.45) is 0 Å². The van der Waals surface area contributed by atoms with Crippen LogP contribution in [0.2, 0.25) is 0 Å². The Morgan fingerprint density at radius 1 is 1.18 bits per heavy atom. The average Bonchev–Trinajstić information content (AvgIpc) is 2.78. The zero-order valence-electron chi connectivity index (χ0n) is 16.8. The Bertz CT molecular complexity index is 1260. The molecule has 0 heterocycles. The number of nitriles is 1. The van der Waals surface area contributed by atoms with Crippen LogP contribution in [-0.4, -0.2) is 17.0 Å². The van der Waals surface area contributed by atoms with Gasteiger partial charge in [-0.2, -0.15) is 5.26 Å². The summed E-state index contributed by atoms with van der Waals surface area (Å²) in [5.41, 5.74) is 1.36. The van der Waals surface area contributed by atoms with Crippen molar-refractivity contribution in [2.75, 3.05) is 5.32 Å². The topological polar surface area (TPSA) is 99.4 Å². The van der Waals surface area contributed by atoms with E-state index in [9.17, 15) is 19.2 Å². The first-order valence-electron chi connectivity index (χ1n) is 9.40. The molecule has 9 heteroatoms. The van der Waals surface area contributed by atoms with Crippen LogP contribution >= 0.6 is 38.5 Å². The molecule has 6 nitrogen and oxygen atoms in total. The van der Waals surface area contributed by atoms with Crippen LogP contribution < -0.4 is 10.1 Å². The van der Waals surface area contributed by atoms with Crippen molar-refractivity contribution in [1.82, 2.24) is 0 Å². The molecule has 0 aliphatic heterocycles. The van der Waals surface area contributed by atoms with E-state index in [0.717, 1.165) is 9.13 Å². The van der Waals surface area contributed by atoms with E-state index in [1.54, 1.807) is 30.3 Å². The molecule has 0 fully saturated rings. The molecule has 3 aromatic rings. The van der Waals surface area contributed by atoms with Crippen molar-refractivity contribution >= 4 is 62.2 Å². The monoisotopic (exact) mass is 620 g/mol. The van der Waals surface area contributed by atoms with Crippen molar-refractivity contribution in [2.45, 2.75) is 6.61 Å². The second kappa shape index (κ2) is 11.1. The molecule has 0 atom stereocenters. The highest BCUT2D eigenvalue weighted by Crippen LogP contribution is 2.33. The summed E-state index contributed by atoms with van der Waals surface area (Å²) in [6.07, 6.45) is 1.40. The number of benzene rings is 3. The van der Waals surface area contributed by atoms with Gasteiger partial charge >= 0.3 is 5.97 Å². The number of carboxylic acids is 1. The number of nitrogens with zero attached hydrogens (tertiary/aromatic N) is 1. The van der Waals surface area contributed by atoms with Crippen LogP contribution in [0.4, 0.5) is 10.1 Å². The summed E-state index contributed by atoms with van der Waals surface area (Å²) in [7, 11) is 0. The first kappa shape index (κ1) is 24.4. The summed E-state index contributed by atoms with van der Waals surface area (Å²) in [4.78, 5) is 23.4. The molecule has 0 radical (unpaired) electrons. The molecule has 33 heavy (non-hydrogen) atoms. The number of hydrogen-bond acceptors (Lipinski definition) is 4. The molecule has 0 aromatic heterocycles. The SMILES string of the molecule is N#C/C(=C/c1cc(Br)c(OCc2ccc(C(=O)O)cc2)c(I)c1)C(=O)Nc1ccccc1F. The van der Waals surface area contributed by atoms with E-state index in [1.807, 2.05) is 6.07 Å². The fourth-order valence-corrected chi connectivity index (χ4v) is 4.54. The maximum atomic E-state index is 13.8. The van der Waals surface area contributed by atoms with Gasteiger partial charge in [-0.05, 0) is 92.1 Å². The molecule has 0 spiro atoms. The van der Waals surface area contributed by atoms with E-state index in [4.69, 9.17) is 9.84 Å². The molecule has 0 unspecified atom stereocenters.